The predicted molar refractivity (Wildman–Crippen MR) is 41.3 cm³/mol. The number of nitrogens with one attached hydrogen (secondary N) is 1. The highest BCUT2D eigenvalue weighted by Gasteiger charge is 2.39. The summed E-state index contributed by atoms with van der Waals surface area (Å²) in [6.07, 6.45) is -1.17. The van der Waals surface area contributed by atoms with E-state index in [2.05, 4.69) is 10.1 Å². The van der Waals surface area contributed by atoms with Crippen LogP contribution in [-0.2, 0) is 9.53 Å². The first-order valence-electron chi connectivity index (χ1n) is 3.69. The zero-order valence-corrected chi connectivity index (χ0v) is 7.09. The summed E-state index contributed by atoms with van der Waals surface area (Å²) in [4.78, 5) is 21.4. The van der Waals surface area contributed by atoms with Crippen molar-refractivity contribution >= 4 is 12.0 Å². The van der Waals surface area contributed by atoms with E-state index in [4.69, 9.17) is 5.73 Å². The van der Waals surface area contributed by atoms with E-state index in [9.17, 15) is 9.59 Å². The maximum atomic E-state index is 11.1. The molecule has 12 heavy (non-hydrogen) atoms. The molecule has 68 valence electrons. The second-order valence-electron chi connectivity index (χ2n) is 3.50. The van der Waals surface area contributed by atoms with Gasteiger partial charge in [-0.3, -0.25) is 4.79 Å². The monoisotopic (exact) mass is 172 g/mol. The van der Waals surface area contributed by atoms with Crippen molar-refractivity contribution in [2.75, 3.05) is 0 Å². The number of hydrogen-bond acceptors (Lipinski definition) is 3. The Kier molecular flexibility index (Phi) is 1.95. The van der Waals surface area contributed by atoms with Crippen molar-refractivity contribution in [3.8, 4) is 0 Å². The minimum atomic E-state index is -0.909. The summed E-state index contributed by atoms with van der Waals surface area (Å²) in [5.41, 5.74) is 4.47. The van der Waals surface area contributed by atoms with E-state index < -0.39 is 12.2 Å². The van der Waals surface area contributed by atoms with E-state index in [-0.39, 0.29) is 11.4 Å². The summed E-state index contributed by atoms with van der Waals surface area (Å²) in [7, 11) is 0. The van der Waals surface area contributed by atoms with Gasteiger partial charge in [0.15, 0.2) is 6.10 Å². The molecule has 3 N–H and O–H groups in total. The molecule has 0 unspecified atom stereocenters. The Morgan fingerprint density at radius 1 is 1.75 bits per heavy atom. The van der Waals surface area contributed by atoms with E-state index in [0.29, 0.717) is 6.42 Å². The fraction of sp³-hybridized carbons (Fsp3) is 0.714. The molecule has 0 aromatic carbocycles. The molecular formula is C7H12N2O3. The standard InChI is InChI=1S/C7H12N2O3/c1-7(2)3-4(5(10)9-7)12-6(8)11/h4H,3H2,1-2H3,(H2,8,11)(H,9,10)/t4-/m0/s1. The average Bonchev–Trinajstić information content (AvgIpc) is 2.03. The summed E-state index contributed by atoms with van der Waals surface area (Å²) in [5.74, 6) is -0.279. The molecule has 1 aliphatic rings. The summed E-state index contributed by atoms with van der Waals surface area (Å²) in [5, 5.41) is 2.68. The van der Waals surface area contributed by atoms with E-state index in [1.807, 2.05) is 13.8 Å². The van der Waals surface area contributed by atoms with Crippen LogP contribution in [0.1, 0.15) is 20.3 Å². The summed E-state index contributed by atoms with van der Waals surface area (Å²) < 4.78 is 4.59. The summed E-state index contributed by atoms with van der Waals surface area (Å²) in [6, 6.07) is 0. The molecule has 5 nitrogen and oxygen atoms in total. The molecule has 1 rings (SSSR count). The van der Waals surface area contributed by atoms with E-state index in [1.54, 1.807) is 0 Å². The topological polar surface area (TPSA) is 81.4 Å². The highest BCUT2D eigenvalue weighted by molar-refractivity contribution is 5.86. The van der Waals surface area contributed by atoms with Crippen LogP contribution in [0.4, 0.5) is 4.79 Å². The van der Waals surface area contributed by atoms with Gasteiger partial charge in [0, 0.05) is 12.0 Å². The van der Waals surface area contributed by atoms with Gasteiger partial charge in [0.1, 0.15) is 0 Å². The highest BCUT2D eigenvalue weighted by atomic mass is 16.6. The molecule has 0 aromatic rings. The number of carbonyl (C=O) groups excluding carboxylic acids is 2. The minimum Gasteiger partial charge on any atom is -0.436 e. The maximum Gasteiger partial charge on any atom is 0.405 e. The Labute approximate surface area is 70.2 Å². The molecule has 1 heterocycles. The number of hydrogen-bond donors (Lipinski definition) is 2. The van der Waals surface area contributed by atoms with Crippen LogP contribution >= 0.6 is 0 Å². The first-order chi connectivity index (χ1) is 5.41. The van der Waals surface area contributed by atoms with Gasteiger partial charge in [-0.05, 0) is 13.8 Å². The van der Waals surface area contributed by atoms with Crippen LogP contribution < -0.4 is 11.1 Å². The van der Waals surface area contributed by atoms with Crippen molar-refractivity contribution in [1.29, 1.82) is 0 Å². The van der Waals surface area contributed by atoms with Crippen molar-refractivity contribution < 1.29 is 14.3 Å². The SMILES string of the molecule is CC1(C)C[C@H](OC(N)=O)C(=O)N1. The summed E-state index contributed by atoms with van der Waals surface area (Å²) >= 11 is 0. The molecule has 1 aliphatic heterocycles. The molecule has 1 atom stereocenters. The van der Waals surface area contributed by atoms with Gasteiger partial charge >= 0.3 is 6.09 Å². The fourth-order valence-electron chi connectivity index (χ4n) is 1.26. The molecular weight excluding hydrogens is 160 g/mol. The quantitative estimate of drug-likeness (QED) is 0.572. The maximum absolute atomic E-state index is 11.1. The molecule has 0 aliphatic carbocycles. The largest absolute Gasteiger partial charge is 0.436 e. The first-order valence-corrected chi connectivity index (χ1v) is 3.69. The first kappa shape index (κ1) is 8.83. The van der Waals surface area contributed by atoms with Crippen molar-refractivity contribution in [3.63, 3.8) is 0 Å². The van der Waals surface area contributed by atoms with Gasteiger partial charge < -0.3 is 15.8 Å². The molecule has 0 saturated carbocycles. The van der Waals surface area contributed by atoms with Crippen LogP contribution in [-0.4, -0.2) is 23.6 Å². The van der Waals surface area contributed by atoms with Crippen LogP contribution in [0, 0.1) is 0 Å². The van der Waals surface area contributed by atoms with Gasteiger partial charge in [0.2, 0.25) is 0 Å². The smallest absolute Gasteiger partial charge is 0.405 e. The van der Waals surface area contributed by atoms with E-state index in [1.165, 1.54) is 0 Å². The van der Waals surface area contributed by atoms with Gasteiger partial charge in [-0.25, -0.2) is 4.79 Å². The van der Waals surface area contributed by atoms with Crippen LogP contribution in [0.25, 0.3) is 0 Å². The molecule has 5 heteroatoms. The zero-order valence-electron chi connectivity index (χ0n) is 7.09. The molecule has 1 fully saturated rings. The lowest BCUT2D eigenvalue weighted by molar-refractivity contribution is -0.126. The number of primary amides is 1. The highest BCUT2D eigenvalue weighted by Crippen LogP contribution is 2.20. The van der Waals surface area contributed by atoms with Crippen molar-refractivity contribution in [2.24, 2.45) is 5.73 Å². The van der Waals surface area contributed by atoms with Crippen LogP contribution in [0.3, 0.4) is 0 Å². The lowest BCUT2D eigenvalue weighted by atomic mass is 10.0. The van der Waals surface area contributed by atoms with Crippen molar-refractivity contribution in [3.05, 3.63) is 0 Å². The zero-order chi connectivity index (χ0) is 9.35. The summed E-state index contributed by atoms with van der Waals surface area (Å²) in [6.45, 7) is 3.71. The lowest BCUT2D eigenvalue weighted by Gasteiger charge is -2.15. The number of nitrogens with two attached hydrogens (primary N) is 1. The van der Waals surface area contributed by atoms with Gasteiger partial charge in [0.25, 0.3) is 5.91 Å². The van der Waals surface area contributed by atoms with Gasteiger partial charge in [-0.1, -0.05) is 0 Å². The fourth-order valence-corrected chi connectivity index (χ4v) is 1.26. The Hall–Kier alpha value is -1.26. The van der Waals surface area contributed by atoms with Crippen LogP contribution in [0.15, 0.2) is 0 Å². The Bertz CT molecular complexity index is 225. The molecule has 0 bridgehead atoms. The molecule has 2 amide bonds. The number of rotatable bonds is 1. The lowest BCUT2D eigenvalue weighted by Crippen LogP contribution is -2.35. The molecule has 0 radical (unpaired) electrons. The number of carbonyl (C=O) groups is 2. The van der Waals surface area contributed by atoms with Gasteiger partial charge in [-0.15, -0.1) is 0 Å². The van der Waals surface area contributed by atoms with Crippen LogP contribution in [0.2, 0.25) is 0 Å². The molecule has 0 spiro atoms. The van der Waals surface area contributed by atoms with Crippen LogP contribution in [0.5, 0.6) is 0 Å². The third kappa shape index (κ3) is 1.87. The Morgan fingerprint density at radius 3 is 2.67 bits per heavy atom. The third-order valence-corrected chi connectivity index (χ3v) is 1.71. The Balaban J connectivity index is 2.58. The normalized spacial score (nSPS) is 26.5. The third-order valence-electron chi connectivity index (χ3n) is 1.71. The van der Waals surface area contributed by atoms with E-state index >= 15 is 0 Å². The minimum absolute atomic E-state index is 0.279. The molecule has 1 saturated heterocycles. The number of ether oxygens (including phenoxy) is 1. The molecule has 0 aromatic heterocycles. The second kappa shape index (κ2) is 2.66. The second-order valence-corrected chi connectivity index (χ2v) is 3.50. The van der Waals surface area contributed by atoms with E-state index in [0.717, 1.165) is 0 Å². The van der Waals surface area contributed by atoms with Gasteiger partial charge in [-0.2, -0.15) is 0 Å². The van der Waals surface area contributed by atoms with Crippen molar-refractivity contribution in [1.82, 2.24) is 5.32 Å². The number of amides is 2. The Morgan fingerprint density at radius 2 is 2.33 bits per heavy atom. The van der Waals surface area contributed by atoms with Gasteiger partial charge in [0.05, 0.1) is 0 Å². The van der Waals surface area contributed by atoms with Crippen molar-refractivity contribution in [2.45, 2.75) is 31.9 Å². The average molecular weight is 172 g/mol. The predicted octanol–water partition coefficient (Wildman–Crippen LogP) is -0.251.